The smallest absolute Gasteiger partial charge is 0.244 e. The zero-order valence-corrected chi connectivity index (χ0v) is 10.7. The number of hydrogen-bond donors (Lipinski definition) is 1. The second-order valence-electron chi connectivity index (χ2n) is 4.44. The predicted octanol–water partition coefficient (Wildman–Crippen LogP) is 3.20. The van der Waals surface area contributed by atoms with Crippen molar-refractivity contribution in [3.05, 3.63) is 35.2 Å². The summed E-state index contributed by atoms with van der Waals surface area (Å²) in [6.45, 7) is 1.01. The minimum absolute atomic E-state index is 0.183. The summed E-state index contributed by atoms with van der Waals surface area (Å²) in [4.78, 5) is 4.44. The summed E-state index contributed by atoms with van der Waals surface area (Å²) in [5.41, 5.74) is 0.810. The molecule has 1 N–H and O–H groups in total. The molecule has 0 amide bonds. The van der Waals surface area contributed by atoms with Gasteiger partial charge in [-0.25, -0.2) is 0 Å². The molecule has 0 radical (unpaired) electrons. The fourth-order valence-corrected chi connectivity index (χ4v) is 2.41. The zero-order chi connectivity index (χ0) is 12.4. The highest BCUT2D eigenvalue weighted by Gasteiger charge is 2.21. The van der Waals surface area contributed by atoms with Gasteiger partial charge in [-0.3, -0.25) is 0 Å². The fourth-order valence-electron chi connectivity index (χ4n) is 2.19. The van der Waals surface area contributed by atoms with E-state index in [1.54, 1.807) is 0 Å². The van der Waals surface area contributed by atoms with Gasteiger partial charge >= 0.3 is 0 Å². The lowest BCUT2D eigenvalue weighted by atomic mass is 10.1. The van der Waals surface area contributed by atoms with E-state index < -0.39 is 0 Å². The molecule has 1 aromatic heterocycles. The topological polar surface area (TPSA) is 51.0 Å². The molecule has 5 heteroatoms. The van der Waals surface area contributed by atoms with Crippen LogP contribution in [-0.4, -0.2) is 16.7 Å². The highest BCUT2D eigenvalue weighted by molar-refractivity contribution is 6.33. The molecule has 2 aromatic rings. The molecule has 0 aliphatic carbocycles. The Labute approximate surface area is 110 Å². The molecule has 0 bridgehead atoms. The Morgan fingerprint density at radius 1 is 1.28 bits per heavy atom. The monoisotopic (exact) mass is 263 g/mol. The van der Waals surface area contributed by atoms with Crippen LogP contribution in [0.25, 0.3) is 11.4 Å². The summed E-state index contributed by atoms with van der Waals surface area (Å²) in [6.07, 6.45) is 3.45. The van der Waals surface area contributed by atoms with Gasteiger partial charge in [0.25, 0.3) is 0 Å². The van der Waals surface area contributed by atoms with Crippen LogP contribution < -0.4 is 5.32 Å². The van der Waals surface area contributed by atoms with Gasteiger partial charge in [0, 0.05) is 5.56 Å². The summed E-state index contributed by atoms with van der Waals surface area (Å²) >= 11 is 6.12. The second kappa shape index (κ2) is 5.08. The first-order valence-electron chi connectivity index (χ1n) is 6.16. The van der Waals surface area contributed by atoms with Crippen molar-refractivity contribution >= 4 is 11.6 Å². The van der Waals surface area contributed by atoms with E-state index in [4.69, 9.17) is 16.1 Å². The Kier molecular flexibility index (Phi) is 3.30. The van der Waals surface area contributed by atoms with Crippen molar-refractivity contribution in [2.75, 3.05) is 6.54 Å². The number of benzene rings is 1. The molecular weight excluding hydrogens is 250 g/mol. The largest absolute Gasteiger partial charge is 0.337 e. The molecule has 1 atom stereocenters. The summed E-state index contributed by atoms with van der Waals surface area (Å²) in [5.74, 6) is 1.22. The van der Waals surface area contributed by atoms with E-state index in [1.807, 2.05) is 24.3 Å². The molecule has 0 unspecified atom stereocenters. The Balaban J connectivity index is 1.87. The van der Waals surface area contributed by atoms with Crippen LogP contribution in [0.2, 0.25) is 5.02 Å². The second-order valence-corrected chi connectivity index (χ2v) is 4.85. The van der Waals surface area contributed by atoms with E-state index in [1.165, 1.54) is 12.8 Å². The number of nitrogens with one attached hydrogen (secondary N) is 1. The maximum absolute atomic E-state index is 6.12. The van der Waals surface area contributed by atoms with Gasteiger partial charge in [0.1, 0.15) is 0 Å². The Morgan fingerprint density at radius 3 is 2.94 bits per heavy atom. The van der Waals surface area contributed by atoms with Crippen molar-refractivity contribution in [3.8, 4) is 11.4 Å². The third kappa shape index (κ3) is 2.26. The third-order valence-electron chi connectivity index (χ3n) is 3.16. The van der Waals surface area contributed by atoms with Crippen LogP contribution in [0.5, 0.6) is 0 Å². The zero-order valence-electron chi connectivity index (χ0n) is 9.90. The lowest BCUT2D eigenvalue weighted by Crippen LogP contribution is -2.26. The van der Waals surface area contributed by atoms with Crippen LogP contribution in [0.3, 0.4) is 0 Å². The molecule has 2 heterocycles. The first-order valence-corrected chi connectivity index (χ1v) is 6.54. The van der Waals surface area contributed by atoms with E-state index in [0.717, 1.165) is 18.5 Å². The molecule has 0 saturated carbocycles. The standard InChI is InChI=1S/C13H14ClN3O/c14-10-6-2-1-5-9(10)12-16-13(18-17-12)11-7-3-4-8-15-11/h1-2,5-6,11,15H,3-4,7-8H2/t11-/m1/s1. The molecular formula is C13H14ClN3O. The molecule has 1 saturated heterocycles. The number of hydrogen-bond acceptors (Lipinski definition) is 4. The van der Waals surface area contributed by atoms with E-state index in [0.29, 0.717) is 16.7 Å². The van der Waals surface area contributed by atoms with Crippen molar-refractivity contribution in [3.63, 3.8) is 0 Å². The molecule has 1 aliphatic rings. The van der Waals surface area contributed by atoms with Crippen molar-refractivity contribution in [2.24, 2.45) is 0 Å². The highest BCUT2D eigenvalue weighted by atomic mass is 35.5. The van der Waals surface area contributed by atoms with Crippen molar-refractivity contribution in [2.45, 2.75) is 25.3 Å². The van der Waals surface area contributed by atoms with Gasteiger partial charge in [-0.15, -0.1) is 0 Å². The highest BCUT2D eigenvalue weighted by Crippen LogP contribution is 2.27. The first kappa shape index (κ1) is 11.7. The summed E-state index contributed by atoms with van der Waals surface area (Å²) in [7, 11) is 0. The lowest BCUT2D eigenvalue weighted by molar-refractivity contribution is 0.297. The minimum Gasteiger partial charge on any atom is -0.337 e. The van der Waals surface area contributed by atoms with Gasteiger partial charge in [0.2, 0.25) is 11.7 Å². The van der Waals surface area contributed by atoms with Crippen LogP contribution >= 0.6 is 11.6 Å². The molecule has 0 spiro atoms. The molecule has 18 heavy (non-hydrogen) atoms. The van der Waals surface area contributed by atoms with E-state index in [2.05, 4.69) is 15.5 Å². The van der Waals surface area contributed by atoms with Gasteiger partial charge in [0.15, 0.2) is 0 Å². The average Bonchev–Trinajstić information content (AvgIpc) is 2.90. The van der Waals surface area contributed by atoms with Crippen LogP contribution in [0, 0.1) is 0 Å². The van der Waals surface area contributed by atoms with Crippen LogP contribution in [-0.2, 0) is 0 Å². The third-order valence-corrected chi connectivity index (χ3v) is 3.49. The Hall–Kier alpha value is -1.39. The molecule has 3 rings (SSSR count). The van der Waals surface area contributed by atoms with E-state index in [9.17, 15) is 0 Å². The number of nitrogens with zero attached hydrogens (tertiary/aromatic N) is 2. The van der Waals surface area contributed by atoms with Gasteiger partial charge in [-0.2, -0.15) is 4.98 Å². The Bertz CT molecular complexity index is 535. The quantitative estimate of drug-likeness (QED) is 0.904. The first-order chi connectivity index (χ1) is 8.84. The van der Waals surface area contributed by atoms with Gasteiger partial charge in [-0.05, 0) is 31.5 Å². The minimum atomic E-state index is 0.183. The Morgan fingerprint density at radius 2 is 2.17 bits per heavy atom. The maximum atomic E-state index is 6.12. The molecule has 4 nitrogen and oxygen atoms in total. The van der Waals surface area contributed by atoms with Crippen LogP contribution in [0.1, 0.15) is 31.2 Å². The molecule has 1 fully saturated rings. The molecule has 1 aromatic carbocycles. The van der Waals surface area contributed by atoms with Crippen molar-refractivity contribution in [1.82, 2.24) is 15.5 Å². The van der Waals surface area contributed by atoms with Gasteiger partial charge in [0.05, 0.1) is 11.1 Å². The normalized spacial score (nSPS) is 19.9. The van der Waals surface area contributed by atoms with E-state index >= 15 is 0 Å². The lowest BCUT2D eigenvalue weighted by Gasteiger charge is -2.19. The summed E-state index contributed by atoms with van der Waals surface area (Å²) < 4.78 is 5.33. The maximum Gasteiger partial charge on any atom is 0.244 e. The van der Waals surface area contributed by atoms with Gasteiger partial charge in [-0.1, -0.05) is 35.3 Å². The van der Waals surface area contributed by atoms with Crippen LogP contribution in [0.15, 0.2) is 28.8 Å². The van der Waals surface area contributed by atoms with Gasteiger partial charge < -0.3 is 9.84 Å². The summed E-state index contributed by atoms with van der Waals surface area (Å²) in [5, 5.41) is 8.04. The SMILES string of the molecule is Clc1ccccc1-c1noc([C@H]2CCCCN2)n1. The predicted molar refractivity (Wildman–Crippen MR) is 69.3 cm³/mol. The van der Waals surface area contributed by atoms with E-state index in [-0.39, 0.29) is 6.04 Å². The number of piperidine rings is 1. The number of rotatable bonds is 2. The number of aromatic nitrogens is 2. The molecule has 94 valence electrons. The van der Waals surface area contributed by atoms with Crippen LogP contribution in [0.4, 0.5) is 0 Å². The summed E-state index contributed by atoms with van der Waals surface area (Å²) in [6, 6.07) is 7.70. The fraction of sp³-hybridized carbons (Fsp3) is 0.385. The number of halogens is 1. The van der Waals surface area contributed by atoms with Crippen molar-refractivity contribution < 1.29 is 4.52 Å². The molecule has 1 aliphatic heterocycles. The average molecular weight is 264 g/mol. The van der Waals surface area contributed by atoms with Crippen molar-refractivity contribution in [1.29, 1.82) is 0 Å².